The van der Waals surface area contributed by atoms with E-state index in [2.05, 4.69) is 95.4 Å². The van der Waals surface area contributed by atoms with Gasteiger partial charge in [0.05, 0.1) is 0 Å². The van der Waals surface area contributed by atoms with Crippen molar-refractivity contribution >= 4 is 27.7 Å². The standard InChI is InChI=1S/C22H26BrN/c1-3-22(4-2)17-24(21-11-6-5-10-20(21)22)16-8-7-9-18-12-14-19(23)15-13-18/h5-7,9-15H,3-4,8,16-17H2,1-2H3/b9-7+. The Labute approximate surface area is 154 Å². The molecule has 0 N–H and O–H groups in total. The van der Waals surface area contributed by atoms with E-state index in [1.54, 1.807) is 5.56 Å². The van der Waals surface area contributed by atoms with E-state index < -0.39 is 0 Å². The molecule has 24 heavy (non-hydrogen) atoms. The van der Waals surface area contributed by atoms with Crippen molar-refractivity contribution in [2.45, 2.75) is 38.5 Å². The zero-order chi connectivity index (χ0) is 17.0. The van der Waals surface area contributed by atoms with Crippen molar-refractivity contribution in [3.63, 3.8) is 0 Å². The summed E-state index contributed by atoms with van der Waals surface area (Å²) < 4.78 is 1.13. The summed E-state index contributed by atoms with van der Waals surface area (Å²) in [4.78, 5) is 2.58. The van der Waals surface area contributed by atoms with Gasteiger partial charge in [-0.3, -0.25) is 0 Å². The van der Waals surface area contributed by atoms with E-state index in [0.717, 1.165) is 24.0 Å². The lowest BCUT2D eigenvalue weighted by Gasteiger charge is -2.28. The lowest BCUT2D eigenvalue weighted by molar-refractivity contribution is 0.420. The molecule has 0 unspecified atom stereocenters. The van der Waals surface area contributed by atoms with Crippen LogP contribution in [-0.2, 0) is 5.41 Å². The Balaban J connectivity index is 1.67. The van der Waals surface area contributed by atoms with Gasteiger partial charge >= 0.3 is 0 Å². The van der Waals surface area contributed by atoms with Gasteiger partial charge in [-0.1, -0.05) is 72.3 Å². The predicted octanol–water partition coefficient (Wildman–Crippen LogP) is 6.43. The third kappa shape index (κ3) is 3.44. The molecule has 0 amide bonds. The maximum atomic E-state index is 3.48. The molecular formula is C22H26BrN. The molecule has 0 aliphatic carbocycles. The van der Waals surface area contributed by atoms with Crippen molar-refractivity contribution in [3.05, 3.63) is 70.2 Å². The summed E-state index contributed by atoms with van der Waals surface area (Å²) >= 11 is 3.48. The molecule has 0 saturated heterocycles. The molecule has 2 aromatic carbocycles. The number of fused-ring (bicyclic) bond motifs is 1. The van der Waals surface area contributed by atoms with E-state index in [1.165, 1.54) is 24.1 Å². The molecule has 1 aliphatic heterocycles. The van der Waals surface area contributed by atoms with Crippen molar-refractivity contribution in [3.8, 4) is 0 Å². The van der Waals surface area contributed by atoms with Crippen LogP contribution in [0.2, 0.25) is 0 Å². The average Bonchev–Trinajstić information content (AvgIpc) is 2.95. The third-order valence-electron chi connectivity index (χ3n) is 5.41. The highest BCUT2D eigenvalue weighted by atomic mass is 79.9. The highest BCUT2D eigenvalue weighted by Crippen LogP contribution is 2.44. The summed E-state index contributed by atoms with van der Waals surface area (Å²) in [5, 5.41) is 0. The highest BCUT2D eigenvalue weighted by Gasteiger charge is 2.39. The number of hydrogen-bond donors (Lipinski definition) is 0. The van der Waals surface area contributed by atoms with Gasteiger partial charge in [0.1, 0.15) is 0 Å². The Morgan fingerprint density at radius 1 is 1.04 bits per heavy atom. The maximum Gasteiger partial charge on any atom is 0.0405 e. The van der Waals surface area contributed by atoms with E-state index in [1.807, 2.05) is 0 Å². The van der Waals surface area contributed by atoms with Crippen LogP contribution >= 0.6 is 15.9 Å². The van der Waals surface area contributed by atoms with Gasteiger partial charge in [-0.05, 0) is 48.6 Å². The first-order valence-corrected chi connectivity index (χ1v) is 9.74. The van der Waals surface area contributed by atoms with Gasteiger partial charge in [-0.25, -0.2) is 0 Å². The van der Waals surface area contributed by atoms with Crippen LogP contribution in [0.5, 0.6) is 0 Å². The van der Waals surface area contributed by atoms with Crippen molar-refractivity contribution in [2.24, 2.45) is 0 Å². The molecule has 0 spiro atoms. The fraction of sp³-hybridized carbons (Fsp3) is 0.364. The zero-order valence-electron chi connectivity index (χ0n) is 14.6. The number of para-hydroxylation sites is 1. The van der Waals surface area contributed by atoms with E-state index in [-0.39, 0.29) is 0 Å². The fourth-order valence-electron chi connectivity index (χ4n) is 3.81. The minimum Gasteiger partial charge on any atom is -0.370 e. The molecule has 1 nitrogen and oxygen atoms in total. The molecule has 0 fully saturated rings. The van der Waals surface area contributed by atoms with Gasteiger partial charge in [-0.2, -0.15) is 0 Å². The average molecular weight is 384 g/mol. The molecular weight excluding hydrogens is 358 g/mol. The minimum absolute atomic E-state index is 0.339. The third-order valence-corrected chi connectivity index (χ3v) is 5.94. The monoisotopic (exact) mass is 383 g/mol. The number of nitrogens with zero attached hydrogens (tertiary/aromatic N) is 1. The molecule has 0 radical (unpaired) electrons. The highest BCUT2D eigenvalue weighted by molar-refractivity contribution is 9.10. The van der Waals surface area contributed by atoms with E-state index in [0.29, 0.717) is 5.41 Å². The van der Waals surface area contributed by atoms with E-state index in [4.69, 9.17) is 0 Å². The van der Waals surface area contributed by atoms with Crippen molar-refractivity contribution in [1.29, 1.82) is 0 Å². The summed E-state index contributed by atoms with van der Waals surface area (Å²) in [5.41, 5.74) is 4.59. The Morgan fingerprint density at radius 2 is 1.75 bits per heavy atom. The molecule has 3 rings (SSSR count). The Kier molecular flexibility index (Phi) is 5.45. The second kappa shape index (κ2) is 7.57. The molecule has 1 heterocycles. The quantitative estimate of drug-likeness (QED) is 0.555. The van der Waals surface area contributed by atoms with Gasteiger partial charge in [0.2, 0.25) is 0 Å². The van der Waals surface area contributed by atoms with Gasteiger partial charge in [0.15, 0.2) is 0 Å². The number of halogens is 1. The van der Waals surface area contributed by atoms with Gasteiger partial charge in [-0.15, -0.1) is 0 Å². The molecule has 0 aromatic heterocycles. The summed E-state index contributed by atoms with van der Waals surface area (Å²) in [7, 11) is 0. The first-order valence-electron chi connectivity index (χ1n) is 8.95. The van der Waals surface area contributed by atoms with Crippen LogP contribution in [0.4, 0.5) is 5.69 Å². The van der Waals surface area contributed by atoms with E-state index >= 15 is 0 Å². The largest absolute Gasteiger partial charge is 0.370 e. The summed E-state index contributed by atoms with van der Waals surface area (Å²) in [6, 6.07) is 17.5. The number of anilines is 1. The fourth-order valence-corrected chi connectivity index (χ4v) is 4.08. The summed E-state index contributed by atoms with van der Waals surface area (Å²) in [6.45, 7) is 6.91. The van der Waals surface area contributed by atoms with Gasteiger partial charge in [0, 0.05) is 28.7 Å². The van der Waals surface area contributed by atoms with Crippen LogP contribution in [0.3, 0.4) is 0 Å². The van der Waals surface area contributed by atoms with Crippen LogP contribution in [0.25, 0.3) is 6.08 Å². The second-order valence-electron chi connectivity index (χ2n) is 6.67. The first kappa shape index (κ1) is 17.3. The number of rotatable bonds is 6. The molecule has 2 aromatic rings. The summed E-state index contributed by atoms with van der Waals surface area (Å²) in [5.74, 6) is 0. The first-order chi connectivity index (χ1) is 11.7. The summed E-state index contributed by atoms with van der Waals surface area (Å²) in [6.07, 6.45) is 8.02. The second-order valence-corrected chi connectivity index (χ2v) is 7.58. The molecule has 0 atom stereocenters. The Hall–Kier alpha value is -1.54. The lowest BCUT2D eigenvalue weighted by Crippen LogP contribution is -2.33. The van der Waals surface area contributed by atoms with Crippen molar-refractivity contribution in [1.82, 2.24) is 0 Å². The zero-order valence-corrected chi connectivity index (χ0v) is 16.2. The van der Waals surface area contributed by atoms with E-state index in [9.17, 15) is 0 Å². The van der Waals surface area contributed by atoms with Crippen LogP contribution in [-0.4, -0.2) is 13.1 Å². The van der Waals surface area contributed by atoms with Crippen LogP contribution < -0.4 is 4.90 Å². The minimum atomic E-state index is 0.339. The smallest absolute Gasteiger partial charge is 0.0405 e. The Morgan fingerprint density at radius 3 is 2.46 bits per heavy atom. The normalized spacial score (nSPS) is 15.9. The topological polar surface area (TPSA) is 3.24 Å². The van der Waals surface area contributed by atoms with Crippen molar-refractivity contribution in [2.75, 3.05) is 18.0 Å². The molecule has 2 heteroatoms. The van der Waals surface area contributed by atoms with Gasteiger partial charge < -0.3 is 4.90 Å². The molecule has 0 saturated carbocycles. The Bertz CT molecular complexity index is 698. The van der Waals surface area contributed by atoms with Crippen molar-refractivity contribution < 1.29 is 0 Å². The molecule has 0 bridgehead atoms. The lowest BCUT2D eigenvalue weighted by atomic mass is 9.78. The van der Waals surface area contributed by atoms with Crippen LogP contribution in [0.1, 0.15) is 44.2 Å². The van der Waals surface area contributed by atoms with Crippen LogP contribution in [0.15, 0.2) is 59.1 Å². The van der Waals surface area contributed by atoms with Gasteiger partial charge in [0.25, 0.3) is 0 Å². The number of benzene rings is 2. The molecule has 1 aliphatic rings. The SMILES string of the molecule is CCC1(CC)CN(CC/C=C/c2ccc(Br)cc2)c2ccccc21. The predicted molar refractivity (Wildman–Crippen MR) is 109 cm³/mol. The molecule has 126 valence electrons. The maximum absolute atomic E-state index is 3.48. The van der Waals surface area contributed by atoms with Crippen LogP contribution in [0, 0.1) is 0 Å². The number of hydrogen-bond acceptors (Lipinski definition) is 1.